The highest BCUT2D eigenvalue weighted by Crippen LogP contribution is 2.33. The van der Waals surface area contributed by atoms with Crippen LogP contribution in [-0.4, -0.2) is 41.0 Å². The average molecular weight is 289 g/mol. The van der Waals surface area contributed by atoms with Gasteiger partial charge >= 0.3 is 0 Å². The fourth-order valence-corrected chi connectivity index (χ4v) is 3.68. The van der Waals surface area contributed by atoms with Crippen molar-refractivity contribution < 1.29 is 4.74 Å². The van der Waals surface area contributed by atoms with E-state index < -0.39 is 0 Å². The van der Waals surface area contributed by atoms with Crippen molar-refractivity contribution >= 4 is 0 Å². The molecule has 1 aromatic rings. The van der Waals surface area contributed by atoms with Crippen LogP contribution in [0.2, 0.25) is 0 Å². The quantitative estimate of drug-likeness (QED) is 0.806. The molecule has 3 aliphatic rings. The lowest BCUT2D eigenvalue weighted by Gasteiger charge is -2.37. The second-order valence-corrected chi connectivity index (χ2v) is 7.34. The molecule has 2 fully saturated rings. The Balaban J connectivity index is 1.41. The number of fused-ring (bicyclic) bond motifs is 1. The molecule has 4 rings (SSSR count). The van der Waals surface area contributed by atoms with Crippen LogP contribution in [0.25, 0.3) is 0 Å². The van der Waals surface area contributed by atoms with Crippen LogP contribution in [0.3, 0.4) is 0 Å². The molecule has 0 spiro atoms. The van der Waals surface area contributed by atoms with E-state index in [0.717, 1.165) is 38.1 Å². The SMILES string of the molecule is Cn1ncc2c1CN(CC1CCC1)CC2COCC1CC1. The summed E-state index contributed by atoms with van der Waals surface area (Å²) in [4.78, 5) is 2.64. The van der Waals surface area contributed by atoms with Gasteiger partial charge in [0.25, 0.3) is 0 Å². The lowest BCUT2D eigenvalue weighted by atomic mass is 9.84. The third-order valence-corrected chi connectivity index (χ3v) is 5.50. The number of hydrogen-bond donors (Lipinski definition) is 0. The standard InChI is InChI=1S/C17H27N3O/c1-19-17-10-20(8-13-3-2-4-13)9-15(16(17)7-18-19)12-21-11-14-5-6-14/h7,13-15H,2-6,8-12H2,1H3. The fraction of sp³-hybridized carbons (Fsp3) is 0.824. The number of hydrogen-bond acceptors (Lipinski definition) is 3. The molecular formula is C17H27N3O. The maximum atomic E-state index is 5.99. The van der Waals surface area contributed by atoms with Gasteiger partial charge in [0, 0.05) is 44.8 Å². The zero-order valence-electron chi connectivity index (χ0n) is 13.1. The summed E-state index contributed by atoms with van der Waals surface area (Å²) in [6.45, 7) is 5.33. The second-order valence-electron chi connectivity index (χ2n) is 7.34. The minimum atomic E-state index is 0.515. The van der Waals surface area contributed by atoms with E-state index in [2.05, 4.69) is 27.9 Å². The van der Waals surface area contributed by atoms with Crippen molar-refractivity contribution in [1.29, 1.82) is 0 Å². The number of aryl methyl sites for hydroxylation is 1. The van der Waals surface area contributed by atoms with Gasteiger partial charge in [0.1, 0.15) is 0 Å². The molecule has 4 heteroatoms. The molecule has 2 aliphatic carbocycles. The minimum absolute atomic E-state index is 0.515. The molecule has 4 nitrogen and oxygen atoms in total. The van der Waals surface area contributed by atoms with E-state index in [1.807, 2.05) is 0 Å². The predicted octanol–water partition coefficient (Wildman–Crippen LogP) is 2.55. The molecule has 21 heavy (non-hydrogen) atoms. The smallest absolute Gasteiger partial charge is 0.0557 e. The summed E-state index contributed by atoms with van der Waals surface area (Å²) in [5.74, 6) is 2.31. The van der Waals surface area contributed by atoms with Gasteiger partial charge in [0.15, 0.2) is 0 Å². The van der Waals surface area contributed by atoms with Crippen LogP contribution >= 0.6 is 0 Å². The summed E-state index contributed by atoms with van der Waals surface area (Å²) in [5.41, 5.74) is 2.83. The first-order valence-corrected chi connectivity index (χ1v) is 8.60. The topological polar surface area (TPSA) is 30.3 Å². The third kappa shape index (κ3) is 3.02. The number of nitrogens with zero attached hydrogens (tertiary/aromatic N) is 3. The summed E-state index contributed by atoms with van der Waals surface area (Å²) in [6, 6.07) is 0. The normalized spacial score (nSPS) is 26.6. The summed E-state index contributed by atoms with van der Waals surface area (Å²) < 4.78 is 8.06. The number of rotatable bonds is 6. The summed E-state index contributed by atoms with van der Waals surface area (Å²) in [6.07, 6.45) is 9.10. The van der Waals surface area contributed by atoms with E-state index in [1.165, 1.54) is 49.9 Å². The lowest BCUT2D eigenvalue weighted by molar-refractivity contribution is 0.0805. The van der Waals surface area contributed by atoms with Crippen LogP contribution in [0, 0.1) is 11.8 Å². The second kappa shape index (κ2) is 5.73. The number of aromatic nitrogens is 2. The van der Waals surface area contributed by atoms with Gasteiger partial charge in [-0.25, -0.2) is 0 Å². The highest BCUT2D eigenvalue weighted by Gasteiger charge is 2.31. The first kappa shape index (κ1) is 13.8. The molecule has 1 unspecified atom stereocenters. The first-order valence-electron chi connectivity index (χ1n) is 8.60. The van der Waals surface area contributed by atoms with Crippen molar-refractivity contribution in [3.8, 4) is 0 Å². The zero-order valence-corrected chi connectivity index (χ0v) is 13.1. The molecule has 2 heterocycles. The summed E-state index contributed by atoms with van der Waals surface area (Å²) >= 11 is 0. The van der Waals surface area contributed by atoms with Gasteiger partial charge in [-0.3, -0.25) is 9.58 Å². The van der Waals surface area contributed by atoms with Crippen molar-refractivity contribution in [2.24, 2.45) is 18.9 Å². The highest BCUT2D eigenvalue weighted by atomic mass is 16.5. The minimum Gasteiger partial charge on any atom is -0.380 e. The number of ether oxygens (including phenoxy) is 1. The zero-order chi connectivity index (χ0) is 14.2. The van der Waals surface area contributed by atoms with Crippen LogP contribution in [0.5, 0.6) is 0 Å². The van der Waals surface area contributed by atoms with Gasteiger partial charge in [-0.15, -0.1) is 0 Å². The van der Waals surface area contributed by atoms with E-state index in [0.29, 0.717) is 5.92 Å². The van der Waals surface area contributed by atoms with Crippen molar-refractivity contribution in [2.45, 2.75) is 44.6 Å². The molecule has 1 aromatic heterocycles. The Kier molecular flexibility index (Phi) is 3.76. The van der Waals surface area contributed by atoms with Crippen LogP contribution in [-0.2, 0) is 18.3 Å². The Morgan fingerprint density at radius 1 is 1.19 bits per heavy atom. The van der Waals surface area contributed by atoms with Crippen LogP contribution in [0.4, 0.5) is 0 Å². The van der Waals surface area contributed by atoms with Crippen LogP contribution in [0.15, 0.2) is 6.20 Å². The van der Waals surface area contributed by atoms with Crippen molar-refractivity contribution in [2.75, 3.05) is 26.3 Å². The van der Waals surface area contributed by atoms with E-state index >= 15 is 0 Å². The molecule has 0 bridgehead atoms. The van der Waals surface area contributed by atoms with Gasteiger partial charge < -0.3 is 4.74 Å². The Morgan fingerprint density at radius 2 is 2.05 bits per heavy atom. The Morgan fingerprint density at radius 3 is 2.76 bits per heavy atom. The van der Waals surface area contributed by atoms with E-state index in [-0.39, 0.29) is 0 Å². The molecular weight excluding hydrogens is 262 g/mol. The van der Waals surface area contributed by atoms with Crippen LogP contribution in [0.1, 0.15) is 49.3 Å². The maximum absolute atomic E-state index is 5.99. The Labute approximate surface area is 127 Å². The van der Waals surface area contributed by atoms with Gasteiger partial charge in [-0.05, 0) is 37.5 Å². The molecule has 1 aliphatic heterocycles. The molecule has 0 aromatic carbocycles. The van der Waals surface area contributed by atoms with Gasteiger partial charge in [0.05, 0.1) is 18.5 Å². The first-order chi connectivity index (χ1) is 10.3. The molecule has 1 atom stereocenters. The van der Waals surface area contributed by atoms with E-state index in [9.17, 15) is 0 Å². The van der Waals surface area contributed by atoms with Gasteiger partial charge in [0.2, 0.25) is 0 Å². The van der Waals surface area contributed by atoms with Crippen molar-refractivity contribution in [3.05, 3.63) is 17.5 Å². The van der Waals surface area contributed by atoms with Gasteiger partial charge in [-0.1, -0.05) is 6.42 Å². The molecule has 2 saturated carbocycles. The predicted molar refractivity (Wildman–Crippen MR) is 82.1 cm³/mol. The average Bonchev–Trinajstić information content (AvgIpc) is 3.18. The fourth-order valence-electron chi connectivity index (χ4n) is 3.68. The molecule has 0 amide bonds. The van der Waals surface area contributed by atoms with E-state index in [4.69, 9.17) is 4.74 Å². The van der Waals surface area contributed by atoms with E-state index in [1.54, 1.807) is 0 Å². The highest BCUT2D eigenvalue weighted by molar-refractivity contribution is 5.26. The summed E-state index contributed by atoms with van der Waals surface area (Å²) in [5, 5.41) is 4.49. The lowest BCUT2D eigenvalue weighted by Crippen LogP contribution is -2.40. The molecule has 0 radical (unpaired) electrons. The monoisotopic (exact) mass is 289 g/mol. The summed E-state index contributed by atoms with van der Waals surface area (Å²) in [7, 11) is 2.08. The largest absolute Gasteiger partial charge is 0.380 e. The van der Waals surface area contributed by atoms with Crippen LogP contribution < -0.4 is 0 Å². The van der Waals surface area contributed by atoms with Crippen molar-refractivity contribution in [1.82, 2.24) is 14.7 Å². The van der Waals surface area contributed by atoms with Gasteiger partial charge in [-0.2, -0.15) is 5.10 Å². The third-order valence-electron chi connectivity index (χ3n) is 5.50. The Hall–Kier alpha value is -0.870. The Bertz CT molecular complexity index is 490. The molecule has 0 saturated heterocycles. The maximum Gasteiger partial charge on any atom is 0.0557 e. The molecule has 116 valence electrons. The van der Waals surface area contributed by atoms with Crippen molar-refractivity contribution in [3.63, 3.8) is 0 Å². The molecule has 0 N–H and O–H groups in total.